The summed E-state index contributed by atoms with van der Waals surface area (Å²) in [5, 5.41) is 7.25. The van der Waals surface area contributed by atoms with Gasteiger partial charge in [-0.1, -0.05) is 50.2 Å². The highest BCUT2D eigenvalue weighted by Gasteiger charge is 2.41. The molecule has 2 aliphatic rings. The van der Waals surface area contributed by atoms with Gasteiger partial charge in [-0.25, -0.2) is 9.67 Å². The van der Waals surface area contributed by atoms with Crippen molar-refractivity contribution in [1.82, 2.24) is 19.7 Å². The molecule has 1 aliphatic heterocycles. The third kappa shape index (κ3) is 3.09. The van der Waals surface area contributed by atoms with E-state index < -0.39 is 0 Å². The number of likely N-dealkylation sites (tertiary alicyclic amines) is 1. The van der Waals surface area contributed by atoms with Crippen molar-refractivity contribution in [2.24, 2.45) is 5.92 Å². The van der Waals surface area contributed by atoms with Crippen molar-refractivity contribution in [3.05, 3.63) is 54.1 Å². The highest BCUT2D eigenvalue weighted by Crippen LogP contribution is 2.37. The van der Waals surface area contributed by atoms with Gasteiger partial charge < -0.3 is 4.90 Å². The molecule has 144 valence electrons. The van der Waals surface area contributed by atoms with Crippen LogP contribution in [0.15, 0.2) is 42.5 Å². The molecule has 1 aliphatic carbocycles. The van der Waals surface area contributed by atoms with Gasteiger partial charge in [-0.2, -0.15) is 5.10 Å². The SMILES string of the molecule is CC(C)Cc1nc([C@H]2CC(=O)N(C3CC3)C2)n(-c2cccc3ccccc23)n1. The molecule has 0 spiro atoms. The molecule has 1 saturated heterocycles. The Bertz CT molecular complexity index is 1030. The van der Waals surface area contributed by atoms with Crippen molar-refractivity contribution < 1.29 is 4.79 Å². The van der Waals surface area contributed by atoms with Gasteiger partial charge in [-0.3, -0.25) is 4.79 Å². The quantitative estimate of drug-likeness (QED) is 0.676. The number of hydrogen-bond donors (Lipinski definition) is 0. The normalized spacial score (nSPS) is 19.9. The minimum absolute atomic E-state index is 0.112. The predicted molar refractivity (Wildman–Crippen MR) is 110 cm³/mol. The van der Waals surface area contributed by atoms with Crippen LogP contribution in [0.3, 0.4) is 0 Å². The van der Waals surface area contributed by atoms with Gasteiger partial charge in [0.2, 0.25) is 5.91 Å². The van der Waals surface area contributed by atoms with E-state index >= 15 is 0 Å². The molecule has 0 bridgehead atoms. The smallest absolute Gasteiger partial charge is 0.223 e. The summed E-state index contributed by atoms with van der Waals surface area (Å²) in [5.41, 5.74) is 1.05. The molecular formula is C23H26N4O. The van der Waals surface area contributed by atoms with Crippen LogP contribution < -0.4 is 0 Å². The Balaban J connectivity index is 1.60. The Kier molecular flexibility index (Phi) is 4.18. The maximum absolute atomic E-state index is 12.6. The summed E-state index contributed by atoms with van der Waals surface area (Å²) in [6.45, 7) is 5.15. The summed E-state index contributed by atoms with van der Waals surface area (Å²) >= 11 is 0. The largest absolute Gasteiger partial charge is 0.339 e. The monoisotopic (exact) mass is 374 g/mol. The lowest BCUT2D eigenvalue weighted by atomic mass is 10.1. The summed E-state index contributed by atoms with van der Waals surface area (Å²) in [7, 11) is 0. The molecule has 0 unspecified atom stereocenters. The lowest BCUT2D eigenvalue weighted by Gasteiger charge is -2.16. The molecule has 1 aromatic heterocycles. The summed E-state index contributed by atoms with van der Waals surface area (Å²) in [5.74, 6) is 2.68. The molecule has 1 saturated carbocycles. The van der Waals surface area contributed by atoms with Crippen LogP contribution in [0.1, 0.15) is 50.7 Å². The molecule has 1 atom stereocenters. The summed E-state index contributed by atoms with van der Waals surface area (Å²) in [4.78, 5) is 19.6. The highest BCUT2D eigenvalue weighted by molar-refractivity contribution is 5.90. The van der Waals surface area contributed by atoms with E-state index in [0.29, 0.717) is 18.4 Å². The average Bonchev–Trinajstić information content (AvgIpc) is 3.33. The van der Waals surface area contributed by atoms with Crippen LogP contribution in [0.2, 0.25) is 0 Å². The lowest BCUT2D eigenvalue weighted by Crippen LogP contribution is -2.27. The Hall–Kier alpha value is -2.69. The molecule has 2 heterocycles. The fourth-order valence-corrected chi connectivity index (χ4v) is 4.30. The molecule has 5 nitrogen and oxygen atoms in total. The second-order valence-electron chi connectivity index (χ2n) is 8.57. The van der Waals surface area contributed by atoms with Gasteiger partial charge in [0, 0.05) is 36.7 Å². The van der Waals surface area contributed by atoms with Crippen molar-refractivity contribution in [2.75, 3.05) is 6.54 Å². The summed E-state index contributed by atoms with van der Waals surface area (Å²) < 4.78 is 2.01. The molecule has 0 radical (unpaired) electrons. The van der Waals surface area contributed by atoms with Crippen molar-refractivity contribution in [3.8, 4) is 5.69 Å². The first-order chi connectivity index (χ1) is 13.6. The molecule has 28 heavy (non-hydrogen) atoms. The van der Waals surface area contributed by atoms with Gasteiger partial charge in [-0.15, -0.1) is 0 Å². The standard InChI is InChI=1S/C23H26N4O/c1-15(2)12-21-24-23(17-13-22(28)26(14-17)18-10-11-18)27(25-21)20-9-5-7-16-6-3-4-8-19(16)20/h3-9,15,17-18H,10-14H2,1-2H3/t17-/m0/s1. The van der Waals surface area contributed by atoms with Crippen LogP contribution in [-0.2, 0) is 11.2 Å². The second-order valence-corrected chi connectivity index (χ2v) is 8.57. The molecule has 5 heteroatoms. The summed E-state index contributed by atoms with van der Waals surface area (Å²) in [6, 6.07) is 15.1. The van der Waals surface area contributed by atoms with Gasteiger partial charge >= 0.3 is 0 Å². The van der Waals surface area contributed by atoms with Gasteiger partial charge in [0.05, 0.1) is 5.69 Å². The van der Waals surface area contributed by atoms with Crippen molar-refractivity contribution >= 4 is 16.7 Å². The molecule has 1 amide bonds. The molecule has 3 aromatic rings. The highest BCUT2D eigenvalue weighted by atomic mass is 16.2. The summed E-state index contributed by atoms with van der Waals surface area (Å²) in [6.07, 6.45) is 3.68. The third-order valence-electron chi connectivity index (χ3n) is 5.77. The number of benzene rings is 2. The number of fused-ring (bicyclic) bond motifs is 1. The fraction of sp³-hybridized carbons (Fsp3) is 0.435. The molecular weight excluding hydrogens is 348 g/mol. The Labute approximate surface area is 165 Å². The first-order valence-corrected chi connectivity index (χ1v) is 10.3. The Morgan fingerprint density at radius 2 is 1.89 bits per heavy atom. The van der Waals surface area contributed by atoms with Crippen LogP contribution in [0.5, 0.6) is 0 Å². The molecule has 2 fully saturated rings. The van der Waals surface area contributed by atoms with Crippen molar-refractivity contribution in [3.63, 3.8) is 0 Å². The maximum Gasteiger partial charge on any atom is 0.223 e. The van der Waals surface area contributed by atoms with E-state index in [1.165, 1.54) is 5.39 Å². The van der Waals surface area contributed by atoms with E-state index in [1.807, 2.05) is 4.68 Å². The number of carbonyl (C=O) groups excluding carboxylic acids is 1. The van der Waals surface area contributed by atoms with Crippen LogP contribution in [0, 0.1) is 5.92 Å². The molecule has 0 N–H and O–H groups in total. The third-order valence-corrected chi connectivity index (χ3v) is 5.77. The van der Waals surface area contributed by atoms with E-state index in [2.05, 4.69) is 61.2 Å². The topological polar surface area (TPSA) is 51.0 Å². The van der Waals surface area contributed by atoms with E-state index in [9.17, 15) is 4.79 Å². The van der Waals surface area contributed by atoms with Gasteiger partial charge in [-0.05, 0) is 30.2 Å². The van der Waals surface area contributed by atoms with E-state index in [1.54, 1.807) is 0 Å². The lowest BCUT2D eigenvalue weighted by molar-refractivity contribution is -0.128. The van der Waals surface area contributed by atoms with E-state index in [-0.39, 0.29) is 11.8 Å². The van der Waals surface area contributed by atoms with Crippen LogP contribution in [0.25, 0.3) is 16.5 Å². The number of nitrogens with zero attached hydrogens (tertiary/aromatic N) is 4. The Morgan fingerprint density at radius 3 is 2.68 bits per heavy atom. The van der Waals surface area contributed by atoms with E-state index in [4.69, 9.17) is 10.1 Å². The number of rotatable bonds is 5. The maximum atomic E-state index is 12.6. The van der Waals surface area contributed by atoms with Crippen molar-refractivity contribution in [2.45, 2.75) is 51.5 Å². The molecule has 5 rings (SSSR count). The zero-order chi connectivity index (χ0) is 19.3. The zero-order valence-electron chi connectivity index (χ0n) is 16.5. The van der Waals surface area contributed by atoms with Crippen LogP contribution >= 0.6 is 0 Å². The zero-order valence-corrected chi connectivity index (χ0v) is 16.5. The van der Waals surface area contributed by atoms with Crippen molar-refractivity contribution in [1.29, 1.82) is 0 Å². The van der Waals surface area contributed by atoms with Gasteiger partial charge in [0.15, 0.2) is 5.82 Å². The number of aromatic nitrogens is 3. The van der Waals surface area contributed by atoms with E-state index in [0.717, 1.165) is 48.5 Å². The average molecular weight is 374 g/mol. The van der Waals surface area contributed by atoms with Crippen LogP contribution in [0.4, 0.5) is 0 Å². The minimum atomic E-state index is 0.112. The predicted octanol–water partition coefficient (Wildman–Crippen LogP) is 4.10. The first-order valence-electron chi connectivity index (χ1n) is 10.3. The minimum Gasteiger partial charge on any atom is -0.339 e. The molecule has 2 aromatic carbocycles. The van der Waals surface area contributed by atoms with Gasteiger partial charge in [0.1, 0.15) is 5.82 Å². The fourth-order valence-electron chi connectivity index (χ4n) is 4.30. The second kappa shape index (κ2) is 6.73. The first kappa shape index (κ1) is 17.4. The van der Waals surface area contributed by atoms with Gasteiger partial charge in [0.25, 0.3) is 0 Å². The Morgan fingerprint density at radius 1 is 1.11 bits per heavy atom. The van der Waals surface area contributed by atoms with Crippen LogP contribution in [-0.4, -0.2) is 38.2 Å². The number of hydrogen-bond acceptors (Lipinski definition) is 3. The number of amides is 1. The number of carbonyl (C=O) groups is 1.